The third kappa shape index (κ3) is 4.46. The summed E-state index contributed by atoms with van der Waals surface area (Å²) in [5.74, 6) is 0.0465. The number of carbonyl (C=O) groups excluding carboxylic acids is 2. The smallest absolute Gasteiger partial charge is 0.317 e. The molecule has 0 aromatic carbocycles. The van der Waals surface area contributed by atoms with E-state index in [9.17, 15) is 35.1 Å². The van der Waals surface area contributed by atoms with Gasteiger partial charge in [0.15, 0.2) is 0 Å². The summed E-state index contributed by atoms with van der Waals surface area (Å²) in [4.78, 5) is 27.5. The van der Waals surface area contributed by atoms with Gasteiger partial charge in [-0.2, -0.15) is 0 Å². The second kappa shape index (κ2) is 10.6. The molecule has 1 saturated heterocycles. The SMILES string of the molecule is CC1(C)CC[C@]2(C(=O)O[C@@H]3O[C@H](CO)[C@@H](O)[C@H](O)[C@H]3O)[C@H](O)C[C@]3(C)C(=CC[C@@H]4[C@@]5(C)CCC(=O)C(C)(C)[C@@H]5CC[C@]43C)[C@@H]2C1. The summed E-state index contributed by atoms with van der Waals surface area (Å²) in [5.41, 5.74) is -1.01. The van der Waals surface area contributed by atoms with Crippen LogP contribution in [0.4, 0.5) is 0 Å². The van der Waals surface area contributed by atoms with Gasteiger partial charge in [-0.3, -0.25) is 9.59 Å². The standard InChI is InChI=1S/C36H56O9/c1-31(2)14-15-36(30(43)45-29-28(42)27(41)26(40)21(18-37)44-29)20(16-31)19-8-9-23-33(5)12-11-24(38)32(3,4)22(33)10-13-34(23,6)35(19,7)17-25(36)39/h8,20-23,25-29,37,39-42H,9-18H2,1-7H3/t20-,21+,22-,23+,25+,26+,27-,28+,29-,33-,34+,35+,36+/m0/s1. The Kier molecular flexibility index (Phi) is 7.88. The van der Waals surface area contributed by atoms with Gasteiger partial charge >= 0.3 is 5.97 Å². The van der Waals surface area contributed by atoms with Crippen LogP contribution in [0.3, 0.4) is 0 Å². The molecule has 45 heavy (non-hydrogen) atoms. The fraction of sp³-hybridized carbons (Fsp3) is 0.889. The lowest BCUT2D eigenvalue weighted by molar-refractivity contribution is -0.299. The van der Waals surface area contributed by atoms with E-state index in [0.717, 1.165) is 25.7 Å². The van der Waals surface area contributed by atoms with Crippen LogP contribution in [0.2, 0.25) is 0 Å². The van der Waals surface area contributed by atoms with E-state index in [2.05, 4.69) is 54.5 Å². The number of carbonyl (C=O) groups is 2. The lowest BCUT2D eigenvalue weighted by Crippen LogP contribution is -2.68. The highest BCUT2D eigenvalue weighted by molar-refractivity contribution is 5.85. The van der Waals surface area contributed by atoms with Gasteiger partial charge in [-0.1, -0.05) is 60.1 Å². The van der Waals surface area contributed by atoms with Gasteiger partial charge < -0.3 is 35.0 Å². The molecule has 9 nitrogen and oxygen atoms in total. The van der Waals surface area contributed by atoms with Gasteiger partial charge in [0.1, 0.15) is 35.6 Å². The maximum atomic E-state index is 14.4. The van der Waals surface area contributed by atoms with Crippen molar-refractivity contribution in [1.29, 1.82) is 0 Å². The molecule has 0 spiro atoms. The summed E-state index contributed by atoms with van der Waals surface area (Å²) >= 11 is 0. The summed E-state index contributed by atoms with van der Waals surface area (Å²) < 4.78 is 11.4. The minimum Gasteiger partial charge on any atom is -0.432 e. The van der Waals surface area contributed by atoms with Crippen molar-refractivity contribution in [1.82, 2.24) is 0 Å². The molecule has 5 fully saturated rings. The monoisotopic (exact) mass is 632 g/mol. The van der Waals surface area contributed by atoms with Gasteiger partial charge in [0, 0.05) is 11.8 Å². The average molecular weight is 633 g/mol. The molecular weight excluding hydrogens is 576 g/mol. The Labute approximate surface area is 267 Å². The largest absolute Gasteiger partial charge is 0.432 e. The first kappa shape index (κ1) is 33.5. The molecule has 6 rings (SSSR count). The van der Waals surface area contributed by atoms with Crippen LogP contribution in [-0.2, 0) is 19.1 Å². The molecule has 0 bridgehead atoms. The Morgan fingerprint density at radius 3 is 2.27 bits per heavy atom. The molecule has 0 aromatic heterocycles. The molecule has 1 aliphatic heterocycles. The Bertz CT molecular complexity index is 1260. The Morgan fingerprint density at radius 2 is 1.60 bits per heavy atom. The Hall–Kier alpha value is -1.36. The zero-order chi connectivity index (χ0) is 33.1. The highest BCUT2D eigenvalue weighted by Crippen LogP contribution is 2.75. The minimum atomic E-state index is -1.70. The van der Waals surface area contributed by atoms with Crippen LogP contribution in [0.1, 0.15) is 106 Å². The first-order chi connectivity index (χ1) is 20.8. The van der Waals surface area contributed by atoms with Crippen molar-refractivity contribution in [2.75, 3.05) is 6.61 Å². The molecule has 0 unspecified atom stereocenters. The maximum Gasteiger partial charge on any atom is 0.317 e. The molecule has 6 aliphatic rings. The van der Waals surface area contributed by atoms with Crippen molar-refractivity contribution in [3.05, 3.63) is 11.6 Å². The Balaban J connectivity index is 1.39. The number of aliphatic hydroxyl groups is 5. The van der Waals surface area contributed by atoms with Crippen molar-refractivity contribution < 1.29 is 44.6 Å². The number of esters is 1. The van der Waals surface area contributed by atoms with E-state index in [0.29, 0.717) is 49.7 Å². The molecular formula is C36H56O9. The van der Waals surface area contributed by atoms with Crippen LogP contribution in [0, 0.1) is 50.2 Å². The third-order valence-corrected chi connectivity index (χ3v) is 14.9. The maximum absolute atomic E-state index is 14.4. The van der Waals surface area contributed by atoms with Gasteiger partial charge in [-0.25, -0.2) is 0 Å². The van der Waals surface area contributed by atoms with Gasteiger partial charge in [0.25, 0.3) is 0 Å². The topological polar surface area (TPSA) is 154 Å². The third-order valence-electron chi connectivity index (χ3n) is 14.9. The van der Waals surface area contributed by atoms with Crippen LogP contribution in [0.5, 0.6) is 0 Å². The van der Waals surface area contributed by atoms with Crippen LogP contribution >= 0.6 is 0 Å². The van der Waals surface area contributed by atoms with Crippen molar-refractivity contribution in [2.45, 2.75) is 143 Å². The van der Waals surface area contributed by atoms with E-state index >= 15 is 0 Å². The number of ether oxygens (including phenoxy) is 2. The molecule has 1 heterocycles. The van der Waals surface area contributed by atoms with Gasteiger partial charge in [0.2, 0.25) is 6.29 Å². The van der Waals surface area contributed by atoms with Gasteiger partial charge in [-0.15, -0.1) is 0 Å². The summed E-state index contributed by atoms with van der Waals surface area (Å²) in [5, 5.41) is 53.3. The molecule has 0 amide bonds. The van der Waals surface area contributed by atoms with E-state index < -0.39 is 54.8 Å². The van der Waals surface area contributed by atoms with E-state index in [1.165, 1.54) is 5.57 Å². The average Bonchev–Trinajstić information content (AvgIpc) is 2.95. The van der Waals surface area contributed by atoms with Crippen LogP contribution < -0.4 is 0 Å². The first-order valence-electron chi connectivity index (χ1n) is 17.2. The molecule has 13 atom stereocenters. The second-order valence-corrected chi connectivity index (χ2v) is 17.7. The summed E-state index contributed by atoms with van der Waals surface area (Å²) in [6.07, 6.45) is 0.107. The number of hydrogen-bond donors (Lipinski definition) is 5. The highest BCUT2D eigenvalue weighted by atomic mass is 16.7. The van der Waals surface area contributed by atoms with Crippen LogP contribution in [0.15, 0.2) is 11.6 Å². The van der Waals surface area contributed by atoms with E-state index in [1.54, 1.807) is 0 Å². The lowest BCUT2D eigenvalue weighted by atomic mass is 9.33. The van der Waals surface area contributed by atoms with Crippen molar-refractivity contribution in [3.8, 4) is 0 Å². The van der Waals surface area contributed by atoms with Crippen molar-refractivity contribution in [3.63, 3.8) is 0 Å². The predicted octanol–water partition coefficient (Wildman–Crippen LogP) is 3.67. The first-order valence-corrected chi connectivity index (χ1v) is 17.2. The molecule has 5 N–H and O–H groups in total. The summed E-state index contributed by atoms with van der Waals surface area (Å²) in [6, 6.07) is 0. The van der Waals surface area contributed by atoms with Crippen LogP contribution in [0.25, 0.3) is 0 Å². The number of hydrogen-bond acceptors (Lipinski definition) is 9. The van der Waals surface area contributed by atoms with Gasteiger partial charge in [-0.05, 0) is 90.8 Å². The zero-order valence-electron chi connectivity index (χ0n) is 28.2. The number of rotatable bonds is 3. The number of aliphatic hydroxyl groups excluding tert-OH is 5. The van der Waals surface area contributed by atoms with Crippen molar-refractivity contribution >= 4 is 11.8 Å². The number of Topliss-reactive ketones (excluding diaryl/α,β-unsaturated/α-hetero) is 1. The van der Waals surface area contributed by atoms with E-state index in [4.69, 9.17) is 9.47 Å². The number of allylic oxidation sites excluding steroid dienone is 2. The van der Waals surface area contributed by atoms with Gasteiger partial charge in [0.05, 0.1) is 12.7 Å². The number of fused-ring (bicyclic) bond motifs is 7. The van der Waals surface area contributed by atoms with Crippen molar-refractivity contribution in [2.24, 2.45) is 50.2 Å². The highest BCUT2D eigenvalue weighted by Gasteiger charge is 2.71. The normalized spacial score (nSPS) is 52.0. The quantitative estimate of drug-likeness (QED) is 0.232. The van der Waals surface area contributed by atoms with E-state index in [-0.39, 0.29) is 33.0 Å². The number of ketones is 1. The minimum absolute atomic E-state index is 0.0111. The molecule has 4 saturated carbocycles. The summed E-state index contributed by atoms with van der Waals surface area (Å²) in [6.45, 7) is 15.2. The molecule has 0 aromatic rings. The zero-order valence-corrected chi connectivity index (χ0v) is 28.2. The summed E-state index contributed by atoms with van der Waals surface area (Å²) in [7, 11) is 0. The van der Waals surface area contributed by atoms with Crippen LogP contribution in [-0.4, -0.2) is 80.7 Å². The Morgan fingerprint density at radius 1 is 0.911 bits per heavy atom. The predicted molar refractivity (Wildman–Crippen MR) is 165 cm³/mol. The fourth-order valence-electron chi connectivity index (χ4n) is 11.9. The molecule has 0 radical (unpaired) electrons. The molecule has 5 aliphatic carbocycles. The lowest BCUT2D eigenvalue weighted by Gasteiger charge is -2.71. The van der Waals surface area contributed by atoms with E-state index in [1.807, 2.05) is 0 Å². The second-order valence-electron chi connectivity index (χ2n) is 17.7. The molecule has 254 valence electrons. The molecule has 9 heteroatoms. The fourth-order valence-corrected chi connectivity index (χ4v) is 11.9.